The first kappa shape index (κ1) is 18.8. The Kier molecular flexibility index (Phi) is 5.56. The number of carbonyl (C=O) groups is 2. The number of alkyl halides is 1. The topological polar surface area (TPSA) is 137 Å². The van der Waals surface area contributed by atoms with Crippen LogP contribution in [0.2, 0.25) is 0 Å². The first-order chi connectivity index (χ1) is 11.2. The fourth-order valence-electron chi connectivity index (χ4n) is 2.73. The van der Waals surface area contributed by atoms with Crippen LogP contribution in [0.25, 0.3) is 10.4 Å². The zero-order chi connectivity index (χ0) is 18.1. The number of carbonyl (C=O) groups excluding carboxylic acids is 2. The van der Waals surface area contributed by atoms with Gasteiger partial charge in [-0.3, -0.25) is 15.0 Å². The van der Waals surface area contributed by atoms with Gasteiger partial charge < -0.3 is 14.6 Å². The summed E-state index contributed by atoms with van der Waals surface area (Å²) in [6.45, 7) is 4.57. The van der Waals surface area contributed by atoms with Crippen LogP contribution in [0.4, 0.5) is 4.79 Å². The number of azide groups is 1. The Hall–Kier alpha value is -1.58. The molecule has 2 aliphatic rings. The number of urea groups is 1. The van der Waals surface area contributed by atoms with E-state index in [4.69, 9.17) is 26.6 Å². The van der Waals surface area contributed by atoms with Crippen molar-refractivity contribution in [2.45, 2.75) is 62.8 Å². The Bertz CT molecular complexity index is 565. The molecule has 2 rings (SSSR count). The summed E-state index contributed by atoms with van der Waals surface area (Å²) >= 11 is 6.32. The van der Waals surface area contributed by atoms with Crippen LogP contribution in [0.5, 0.6) is 0 Å². The molecule has 3 amide bonds. The summed E-state index contributed by atoms with van der Waals surface area (Å²) < 4.78 is 11.3. The van der Waals surface area contributed by atoms with Gasteiger partial charge in [0.1, 0.15) is 6.23 Å². The fourth-order valence-corrected chi connectivity index (χ4v) is 2.94. The largest absolute Gasteiger partial charge is 0.394 e. The summed E-state index contributed by atoms with van der Waals surface area (Å²) in [5.74, 6) is -0.667. The highest BCUT2D eigenvalue weighted by atomic mass is 35.5. The monoisotopic (exact) mass is 361 g/mol. The molecule has 0 spiro atoms. The predicted octanol–water partition coefficient (Wildman–Crippen LogP) is 1.07. The van der Waals surface area contributed by atoms with Gasteiger partial charge in [-0.1, -0.05) is 5.11 Å². The van der Waals surface area contributed by atoms with E-state index in [0.717, 1.165) is 0 Å². The molecule has 2 N–H and O–H groups in total. The molecule has 2 aliphatic heterocycles. The maximum Gasteiger partial charge on any atom is 0.328 e. The second-order valence-electron chi connectivity index (χ2n) is 6.10. The van der Waals surface area contributed by atoms with Crippen LogP contribution in [-0.2, 0) is 14.3 Å². The number of aliphatic hydroxyl groups is 1. The number of amides is 3. The van der Waals surface area contributed by atoms with Crippen LogP contribution < -0.4 is 5.32 Å². The number of aliphatic hydroxyl groups excluding tert-OH is 1. The molecule has 0 radical (unpaired) electrons. The number of nitrogens with one attached hydrogen (secondary N) is 1. The Morgan fingerprint density at radius 2 is 2.29 bits per heavy atom. The van der Waals surface area contributed by atoms with Gasteiger partial charge in [-0.15, -0.1) is 11.6 Å². The molecule has 2 fully saturated rings. The van der Waals surface area contributed by atoms with Gasteiger partial charge in [-0.25, -0.2) is 4.79 Å². The van der Waals surface area contributed by atoms with Crippen molar-refractivity contribution in [2.24, 2.45) is 5.11 Å². The summed E-state index contributed by atoms with van der Waals surface area (Å²) in [7, 11) is 0. The average molecular weight is 362 g/mol. The summed E-state index contributed by atoms with van der Waals surface area (Å²) in [5.41, 5.74) is 8.62. The molecular formula is C13H20ClN5O5. The molecule has 0 aromatic rings. The summed E-state index contributed by atoms with van der Waals surface area (Å²) in [5, 5.41) is 15.1. The standard InChI is InChI=1S/C13H20ClN5O5/c1-6(2)23-11-13(3,14)10(21)16-12(22)19(11)9-4-7(17-18-15)8(5-20)24-9/h6-9,11,20H,4-5H2,1-3H3,(H,16,21,22)/t7-,8+,9+,11+,13-/m0/s1. The van der Waals surface area contributed by atoms with Crippen molar-refractivity contribution in [3.63, 3.8) is 0 Å². The Labute approximate surface area is 143 Å². The zero-order valence-corrected chi connectivity index (χ0v) is 14.3. The van der Waals surface area contributed by atoms with Crippen molar-refractivity contribution in [3.05, 3.63) is 10.4 Å². The maximum absolute atomic E-state index is 12.3. The smallest absolute Gasteiger partial charge is 0.328 e. The van der Waals surface area contributed by atoms with Crippen LogP contribution in [0.3, 0.4) is 0 Å². The first-order valence-corrected chi connectivity index (χ1v) is 7.88. The predicted molar refractivity (Wildman–Crippen MR) is 82.9 cm³/mol. The minimum absolute atomic E-state index is 0.155. The van der Waals surface area contributed by atoms with Crippen LogP contribution in [0, 0.1) is 0 Å². The third kappa shape index (κ3) is 3.42. The van der Waals surface area contributed by atoms with Gasteiger partial charge in [0.25, 0.3) is 5.91 Å². The summed E-state index contributed by atoms with van der Waals surface area (Å²) in [6, 6.07) is -1.36. The zero-order valence-electron chi connectivity index (χ0n) is 13.5. The molecule has 0 saturated carbocycles. The molecule has 134 valence electrons. The number of hydrogen-bond donors (Lipinski definition) is 2. The molecule has 0 aliphatic carbocycles. The molecule has 2 heterocycles. The summed E-state index contributed by atoms with van der Waals surface area (Å²) in [6.07, 6.45) is -2.83. The van der Waals surface area contributed by atoms with Gasteiger partial charge in [0.15, 0.2) is 11.1 Å². The molecule has 0 aromatic heterocycles. The van der Waals surface area contributed by atoms with Gasteiger partial charge in [0.05, 0.1) is 24.9 Å². The second-order valence-corrected chi connectivity index (χ2v) is 6.88. The normalized spacial score (nSPS) is 36.7. The van der Waals surface area contributed by atoms with Crippen molar-refractivity contribution >= 4 is 23.5 Å². The number of nitrogens with zero attached hydrogens (tertiary/aromatic N) is 4. The van der Waals surface area contributed by atoms with Crippen molar-refractivity contribution < 1.29 is 24.2 Å². The molecule has 11 heteroatoms. The highest BCUT2D eigenvalue weighted by Crippen LogP contribution is 2.35. The number of rotatable bonds is 5. The lowest BCUT2D eigenvalue weighted by Gasteiger charge is -2.45. The van der Waals surface area contributed by atoms with Gasteiger partial charge >= 0.3 is 6.03 Å². The minimum atomic E-state index is -1.52. The minimum Gasteiger partial charge on any atom is -0.394 e. The van der Waals surface area contributed by atoms with Crippen LogP contribution in [0.15, 0.2) is 5.11 Å². The van der Waals surface area contributed by atoms with E-state index in [9.17, 15) is 14.7 Å². The van der Waals surface area contributed by atoms with Crippen LogP contribution in [0.1, 0.15) is 27.2 Å². The van der Waals surface area contributed by atoms with Crippen molar-refractivity contribution in [2.75, 3.05) is 6.61 Å². The van der Waals surface area contributed by atoms with E-state index in [2.05, 4.69) is 15.3 Å². The Balaban J connectivity index is 2.32. The highest BCUT2D eigenvalue weighted by molar-refractivity contribution is 6.36. The Morgan fingerprint density at radius 3 is 2.83 bits per heavy atom. The lowest BCUT2D eigenvalue weighted by Crippen LogP contribution is -2.69. The van der Waals surface area contributed by atoms with Gasteiger partial charge in [-0.2, -0.15) is 0 Å². The number of halogens is 1. The number of hydrogen-bond acceptors (Lipinski definition) is 6. The van der Waals surface area contributed by atoms with Crippen LogP contribution >= 0.6 is 11.6 Å². The lowest BCUT2D eigenvalue weighted by atomic mass is 10.0. The van der Waals surface area contributed by atoms with E-state index < -0.39 is 41.4 Å². The lowest BCUT2D eigenvalue weighted by molar-refractivity contribution is -0.170. The molecule has 0 unspecified atom stereocenters. The molecule has 10 nitrogen and oxygen atoms in total. The average Bonchev–Trinajstić information content (AvgIpc) is 2.88. The third-order valence-corrected chi connectivity index (χ3v) is 4.27. The third-order valence-electron chi connectivity index (χ3n) is 3.91. The summed E-state index contributed by atoms with van der Waals surface area (Å²) in [4.78, 5) is 26.8. The van der Waals surface area contributed by atoms with E-state index in [1.54, 1.807) is 13.8 Å². The number of imide groups is 1. The van der Waals surface area contributed by atoms with Crippen molar-refractivity contribution in [3.8, 4) is 0 Å². The van der Waals surface area contributed by atoms with Gasteiger partial charge in [0, 0.05) is 11.3 Å². The quantitative estimate of drug-likeness (QED) is 0.326. The van der Waals surface area contributed by atoms with Crippen molar-refractivity contribution in [1.29, 1.82) is 0 Å². The van der Waals surface area contributed by atoms with E-state index in [1.165, 1.54) is 11.8 Å². The first-order valence-electron chi connectivity index (χ1n) is 7.51. The second kappa shape index (κ2) is 7.12. The molecule has 0 bridgehead atoms. The molecular weight excluding hydrogens is 342 g/mol. The van der Waals surface area contributed by atoms with E-state index in [1.807, 2.05) is 0 Å². The van der Waals surface area contributed by atoms with Gasteiger partial charge in [0.2, 0.25) is 0 Å². The maximum atomic E-state index is 12.3. The van der Waals surface area contributed by atoms with Gasteiger partial charge in [-0.05, 0) is 26.3 Å². The van der Waals surface area contributed by atoms with E-state index in [0.29, 0.717) is 0 Å². The van der Waals surface area contributed by atoms with Crippen LogP contribution in [-0.4, -0.2) is 64.1 Å². The molecule has 0 aromatic carbocycles. The van der Waals surface area contributed by atoms with E-state index >= 15 is 0 Å². The van der Waals surface area contributed by atoms with E-state index in [-0.39, 0.29) is 19.1 Å². The highest BCUT2D eigenvalue weighted by Gasteiger charge is 2.55. The molecule has 2 saturated heterocycles. The molecule has 24 heavy (non-hydrogen) atoms. The fraction of sp³-hybridized carbons (Fsp3) is 0.846. The SMILES string of the molecule is CC(C)O[C@H]1N([C@H]2C[C@H](N=[N+]=[N-])[C@@H](CO)O2)C(=O)NC(=O)[C@]1(C)Cl. The number of ether oxygens (including phenoxy) is 2. The van der Waals surface area contributed by atoms with Crippen molar-refractivity contribution in [1.82, 2.24) is 10.2 Å². The Morgan fingerprint density at radius 1 is 1.62 bits per heavy atom. The molecule has 5 atom stereocenters.